The van der Waals surface area contributed by atoms with Crippen LogP contribution in [0.1, 0.15) is 33.9 Å². The second-order valence-corrected chi connectivity index (χ2v) is 7.87. The molecule has 0 aliphatic carbocycles. The van der Waals surface area contributed by atoms with Gasteiger partial charge in [0.1, 0.15) is 11.5 Å². The molecule has 0 radical (unpaired) electrons. The van der Waals surface area contributed by atoms with E-state index in [1.54, 1.807) is 13.2 Å². The molecule has 1 aliphatic heterocycles. The van der Waals surface area contributed by atoms with Crippen LogP contribution in [0.4, 0.5) is 0 Å². The fraction of sp³-hybridized carbons (Fsp3) is 0.160. The zero-order valence-electron chi connectivity index (χ0n) is 17.9. The fourth-order valence-corrected chi connectivity index (χ4v) is 3.83. The minimum Gasteiger partial charge on any atom is -0.497 e. The molecular formula is C25H22ClN3O4. The number of rotatable bonds is 7. The fourth-order valence-electron chi connectivity index (χ4n) is 3.66. The molecule has 2 amide bonds. The quantitative estimate of drug-likeness (QED) is 0.568. The number of hydrazone groups is 1. The van der Waals surface area contributed by atoms with Crippen molar-refractivity contribution in [1.29, 1.82) is 0 Å². The van der Waals surface area contributed by atoms with E-state index in [1.165, 1.54) is 17.1 Å². The monoisotopic (exact) mass is 463 g/mol. The summed E-state index contributed by atoms with van der Waals surface area (Å²) in [5, 5.41) is 6.40. The average molecular weight is 464 g/mol. The van der Waals surface area contributed by atoms with Gasteiger partial charge in [0.05, 0.1) is 24.4 Å². The van der Waals surface area contributed by atoms with Crippen molar-refractivity contribution < 1.29 is 19.1 Å². The number of benzene rings is 3. The number of hydrogen-bond acceptors (Lipinski definition) is 5. The van der Waals surface area contributed by atoms with Crippen molar-refractivity contribution in [1.82, 2.24) is 5.01 Å². The minimum atomic E-state index is -0.693. The lowest BCUT2D eigenvalue weighted by atomic mass is 9.98. The van der Waals surface area contributed by atoms with Crippen LogP contribution in [-0.4, -0.2) is 36.3 Å². The van der Waals surface area contributed by atoms with E-state index in [4.69, 9.17) is 26.8 Å². The third-order valence-electron chi connectivity index (χ3n) is 5.33. The van der Waals surface area contributed by atoms with Crippen LogP contribution in [-0.2, 0) is 4.79 Å². The summed E-state index contributed by atoms with van der Waals surface area (Å²) >= 11 is 5.94. The van der Waals surface area contributed by atoms with Crippen molar-refractivity contribution in [2.24, 2.45) is 10.8 Å². The molecule has 8 heteroatoms. The summed E-state index contributed by atoms with van der Waals surface area (Å²) in [5.74, 6) is -0.134. The van der Waals surface area contributed by atoms with Crippen molar-refractivity contribution in [3.05, 3.63) is 94.5 Å². The molecular weight excluding hydrogens is 442 g/mol. The van der Waals surface area contributed by atoms with Crippen molar-refractivity contribution >= 4 is 29.1 Å². The normalized spacial score (nSPS) is 15.2. The standard InChI is InChI=1S/C25H22ClN3O4/c1-32-19-10-7-17(8-11-19)22-14-21(16-5-3-2-4-6-16)28-29(22)24(30)15-33-23-12-9-18(26)13-20(23)25(27)31/h2-13,22H,14-15H2,1H3,(H2,27,31). The van der Waals surface area contributed by atoms with Crippen LogP contribution >= 0.6 is 11.6 Å². The van der Waals surface area contributed by atoms with Gasteiger partial charge in [-0.2, -0.15) is 5.10 Å². The first-order valence-electron chi connectivity index (χ1n) is 10.3. The van der Waals surface area contributed by atoms with E-state index in [9.17, 15) is 9.59 Å². The van der Waals surface area contributed by atoms with Crippen LogP contribution < -0.4 is 15.2 Å². The maximum atomic E-state index is 13.2. The lowest BCUT2D eigenvalue weighted by Crippen LogP contribution is -2.31. The highest BCUT2D eigenvalue weighted by Crippen LogP contribution is 2.34. The summed E-state index contributed by atoms with van der Waals surface area (Å²) < 4.78 is 10.9. The van der Waals surface area contributed by atoms with Gasteiger partial charge in [0.2, 0.25) is 0 Å². The molecule has 4 rings (SSSR count). The largest absolute Gasteiger partial charge is 0.497 e. The van der Waals surface area contributed by atoms with Crippen LogP contribution in [0.2, 0.25) is 5.02 Å². The Kier molecular flexibility index (Phi) is 6.60. The van der Waals surface area contributed by atoms with Crippen molar-refractivity contribution in [2.75, 3.05) is 13.7 Å². The number of halogens is 1. The van der Waals surface area contributed by atoms with E-state index in [2.05, 4.69) is 5.10 Å². The van der Waals surface area contributed by atoms with Gasteiger partial charge in [-0.1, -0.05) is 54.1 Å². The molecule has 0 saturated carbocycles. The molecule has 1 unspecified atom stereocenters. The first-order chi connectivity index (χ1) is 16.0. The van der Waals surface area contributed by atoms with Crippen LogP contribution in [0, 0.1) is 0 Å². The lowest BCUT2D eigenvalue weighted by Gasteiger charge is -2.22. The van der Waals surface area contributed by atoms with Gasteiger partial charge < -0.3 is 15.2 Å². The molecule has 33 heavy (non-hydrogen) atoms. The van der Waals surface area contributed by atoms with Crippen LogP contribution in [0.15, 0.2) is 77.9 Å². The molecule has 0 bridgehead atoms. The number of hydrogen-bond donors (Lipinski definition) is 1. The molecule has 1 heterocycles. The molecule has 0 fully saturated rings. The molecule has 1 atom stereocenters. The van der Waals surface area contributed by atoms with Gasteiger partial charge in [0.15, 0.2) is 6.61 Å². The Morgan fingerprint density at radius 2 is 1.82 bits per heavy atom. The van der Waals surface area contributed by atoms with Crippen molar-refractivity contribution in [2.45, 2.75) is 12.5 Å². The average Bonchev–Trinajstić information content (AvgIpc) is 3.29. The zero-order chi connectivity index (χ0) is 23.4. The SMILES string of the molecule is COc1ccc(C2CC(c3ccccc3)=NN2C(=O)COc2ccc(Cl)cc2C(N)=O)cc1. The molecule has 0 spiro atoms. The summed E-state index contributed by atoms with van der Waals surface area (Å²) in [5.41, 5.74) is 8.18. The Morgan fingerprint density at radius 3 is 2.48 bits per heavy atom. The third-order valence-corrected chi connectivity index (χ3v) is 5.57. The molecule has 168 valence electrons. The maximum Gasteiger partial charge on any atom is 0.281 e. The first kappa shape index (κ1) is 22.4. The Hall–Kier alpha value is -3.84. The number of methoxy groups -OCH3 is 1. The van der Waals surface area contributed by atoms with Crippen LogP contribution in [0.25, 0.3) is 0 Å². The summed E-state index contributed by atoms with van der Waals surface area (Å²) in [6, 6.07) is 21.4. The van der Waals surface area contributed by atoms with E-state index < -0.39 is 5.91 Å². The maximum absolute atomic E-state index is 13.2. The Balaban J connectivity index is 1.59. The summed E-state index contributed by atoms with van der Waals surface area (Å²) in [7, 11) is 1.60. The zero-order valence-corrected chi connectivity index (χ0v) is 18.7. The van der Waals surface area contributed by atoms with Crippen molar-refractivity contribution in [3.63, 3.8) is 0 Å². The molecule has 0 aromatic heterocycles. The van der Waals surface area contributed by atoms with Gasteiger partial charge in [-0.25, -0.2) is 5.01 Å². The smallest absolute Gasteiger partial charge is 0.281 e. The van der Waals surface area contributed by atoms with E-state index in [1.807, 2.05) is 54.6 Å². The number of ether oxygens (including phenoxy) is 2. The van der Waals surface area contributed by atoms with Gasteiger partial charge in [-0.15, -0.1) is 0 Å². The Bertz CT molecular complexity index is 1200. The van der Waals surface area contributed by atoms with Gasteiger partial charge in [-0.3, -0.25) is 9.59 Å². The Labute approximate surface area is 196 Å². The Morgan fingerprint density at radius 1 is 1.09 bits per heavy atom. The van der Waals surface area contributed by atoms with Crippen LogP contribution in [0.3, 0.4) is 0 Å². The summed E-state index contributed by atoms with van der Waals surface area (Å²) in [4.78, 5) is 24.9. The first-order valence-corrected chi connectivity index (χ1v) is 10.6. The van der Waals surface area contributed by atoms with E-state index >= 15 is 0 Å². The van der Waals surface area contributed by atoms with E-state index in [-0.39, 0.29) is 29.9 Å². The highest BCUT2D eigenvalue weighted by molar-refractivity contribution is 6.31. The van der Waals surface area contributed by atoms with E-state index in [0.717, 1.165) is 22.6 Å². The number of nitrogens with zero attached hydrogens (tertiary/aromatic N) is 2. The lowest BCUT2D eigenvalue weighted by molar-refractivity contribution is -0.135. The molecule has 1 aliphatic rings. The van der Waals surface area contributed by atoms with Crippen molar-refractivity contribution in [3.8, 4) is 11.5 Å². The third kappa shape index (κ3) is 4.99. The highest BCUT2D eigenvalue weighted by Gasteiger charge is 2.33. The topological polar surface area (TPSA) is 94.2 Å². The second-order valence-electron chi connectivity index (χ2n) is 7.44. The molecule has 3 aromatic carbocycles. The predicted octanol–water partition coefficient (Wildman–Crippen LogP) is 4.20. The van der Waals surface area contributed by atoms with E-state index in [0.29, 0.717) is 11.4 Å². The number of nitrogens with two attached hydrogens (primary N) is 1. The summed E-state index contributed by atoms with van der Waals surface area (Å²) in [6.07, 6.45) is 0.551. The number of amides is 2. The predicted molar refractivity (Wildman–Crippen MR) is 126 cm³/mol. The van der Waals surface area contributed by atoms with Gasteiger partial charge in [-0.05, 0) is 41.5 Å². The molecule has 3 aromatic rings. The minimum absolute atomic E-state index is 0.108. The number of primary amides is 1. The second kappa shape index (κ2) is 9.75. The van der Waals surface area contributed by atoms with Gasteiger partial charge >= 0.3 is 0 Å². The van der Waals surface area contributed by atoms with Gasteiger partial charge in [0, 0.05) is 11.4 Å². The molecule has 2 N–H and O–H groups in total. The number of carbonyl (C=O) groups is 2. The molecule has 0 saturated heterocycles. The molecule has 7 nitrogen and oxygen atoms in total. The number of carbonyl (C=O) groups excluding carboxylic acids is 2. The highest BCUT2D eigenvalue weighted by atomic mass is 35.5. The van der Waals surface area contributed by atoms with Crippen LogP contribution in [0.5, 0.6) is 11.5 Å². The summed E-state index contributed by atoms with van der Waals surface area (Å²) in [6.45, 7) is -0.319. The van der Waals surface area contributed by atoms with Gasteiger partial charge in [0.25, 0.3) is 11.8 Å².